The molecule has 0 saturated carbocycles. The molecule has 2 N–H and O–H groups in total. The van der Waals surface area contributed by atoms with E-state index < -0.39 is 5.91 Å². The van der Waals surface area contributed by atoms with Crippen LogP contribution in [0.5, 0.6) is 5.75 Å². The number of primary amides is 1. The van der Waals surface area contributed by atoms with Crippen molar-refractivity contribution >= 4 is 11.8 Å². The Hall–Kier alpha value is -2.89. The minimum absolute atomic E-state index is 0.00369. The molecule has 1 aromatic heterocycles. The second kappa shape index (κ2) is 8.87. The molecular weight excluding hydrogens is 354 g/mol. The van der Waals surface area contributed by atoms with E-state index in [0.717, 1.165) is 42.8 Å². The smallest absolute Gasteiger partial charge is 0.260 e. The number of benzene rings is 1. The van der Waals surface area contributed by atoms with Gasteiger partial charge in [-0.05, 0) is 61.9 Å². The molecule has 1 fully saturated rings. The van der Waals surface area contributed by atoms with E-state index in [1.54, 1.807) is 6.07 Å². The Morgan fingerprint density at radius 3 is 2.86 bits per heavy atom. The Morgan fingerprint density at radius 1 is 1.29 bits per heavy atom. The van der Waals surface area contributed by atoms with Gasteiger partial charge in [0.1, 0.15) is 5.75 Å². The summed E-state index contributed by atoms with van der Waals surface area (Å²) in [6.45, 7) is 5.43. The summed E-state index contributed by atoms with van der Waals surface area (Å²) in [6, 6.07) is 11.2. The highest BCUT2D eigenvalue weighted by Crippen LogP contribution is 2.22. The number of hydrogen-bond acceptors (Lipinski definition) is 4. The number of hydrogen-bond donors (Lipinski definition) is 1. The third-order valence-electron chi connectivity index (χ3n) is 5.13. The fourth-order valence-electron chi connectivity index (χ4n) is 3.62. The molecule has 1 aliphatic heterocycles. The van der Waals surface area contributed by atoms with E-state index in [2.05, 4.69) is 4.98 Å². The van der Waals surface area contributed by atoms with Crippen molar-refractivity contribution in [2.24, 2.45) is 11.7 Å². The zero-order chi connectivity index (χ0) is 20.1. The van der Waals surface area contributed by atoms with Crippen LogP contribution in [0.15, 0.2) is 36.4 Å². The SMILES string of the molecule is CCc1nc(C)ccc1OCC(=O)N1CC[C@@H](Cc2cccc(C(N)=O)c2)C1. The molecule has 1 aliphatic rings. The van der Waals surface area contributed by atoms with Crippen LogP contribution in [-0.2, 0) is 17.6 Å². The third kappa shape index (κ3) is 4.88. The van der Waals surface area contributed by atoms with Gasteiger partial charge in [-0.1, -0.05) is 19.1 Å². The summed E-state index contributed by atoms with van der Waals surface area (Å²) >= 11 is 0. The molecule has 0 unspecified atom stereocenters. The Bertz CT molecular complexity index is 866. The Kier molecular flexibility index (Phi) is 6.29. The summed E-state index contributed by atoms with van der Waals surface area (Å²) in [5.41, 5.74) is 8.77. The minimum atomic E-state index is -0.417. The predicted octanol–water partition coefficient (Wildman–Crippen LogP) is 2.52. The fourth-order valence-corrected chi connectivity index (χ4v) is 3.62. The van der Waals surface area contributed by atoms with Crippen LogP contribution in [-0.4, -0.2) is 41.4 Å². The highest BCUT2D eigenvalue weighted by atomic mass is 16.5. The fraction of sp³-hybridized carbons (Fsp3) is 0.409. The van der Waals surface area contributed by atoms with Crippen LogP contribution in [0.25, 0.3) is 0 Å². The highest BCUT2D eigenvalue weighted by Gasteiger charge is 2.26. The Balaban J connectivity index is 1.53. The minimum Gasteiger partial charge on any atom is -0.482 e. The zero-order valence-electron chi connectivity index (χ0n) is 16.5. The normalized spacial score (nSPS) is 16.2. The van der Waals surface area contributed by atoms with Gasteiger partial charge in [-0.15, -0.1) is 0 Å². The maximum absolute atomic E-state index is 12.5. The second-order valence-electron chi connectivity index (χ2n) is 7.30. The molecule has 148 valence electrons. The number of nitrogens with two attached hydrogens (primary N) is 1. The summed E-state index contributed by atoms with van der Waals surface area (Å²) in [5, 5.41) is 0. The predicted molar refractivity (Wildman–Crippen MR) is 107 cm³/mol. The number of nitrogens with zero attached hydrogens (tertiary/aromatic N) is 2. The van der Waals surface area contributed by atoms with Gasteiger partial charge >= 0.3 is 0 Å². The van der Waals surface area contributed by atoms with Gasteiger partial charge in [0.15, 0.2) is 6.61 Å². The van der Waals surface area contributed by atoms with Crippen LogP contribution in [0.4, 0.5) is 0 Å². The molecule has 0 radical (unpaired) electrons. The van der Waals surface area contributed by atoms with E-state index in [0.29, 0.717) is 23.8 Å². The van der Waals surface area contributed by atoms with E-state index in [1.165, 1.54) is 0 Å². The molecule has 6 heteroatoms. The molecule has 0 aliphatic carbocycles. The number of likely N-dealkylation sites (tertiary alicyclic amines) is 1. The number of aryl methyl sites for hydroxylation is 2. The summed E-state index contributed by atoms with van der Waals surface area (Å²) in [7, 11) is 0. The summed E-state index contributed by atoms with van der Waals surface area (Å²) in [5.74, 6) is 0.634. The molecule has 1 aromatic carbocycles. The van der Waals surface area contributed by atoms with Gasteiger partial charge in [0.25, 0.3) is 5.91 Å². The zero-order valence-corrected chi connectivity index (χ0v) is 16.5. The molecule has 2 aromatic rings. The molecule has 1 saturated heterocycles. The van der Waals surface area contributed by atoms with Crippen LogP contribution >= 0.6 is 0 Å². The van der Waals surface area contributed by atoms with Crippen LogP contribution in [0, 0.1) is 12.8 Å². The van der Waals surface area contributed by atoms with Crippen molar-refractivity contribution in [1.29, 1.82) is 0 Å². The van der Waals surface area contributed by atoms with Crippen molar-refractivity contribution in [2.75, 3.05) is 19.7 Å². The number of carbonyl (C=O) groups is 2. The van der Waals surface area contributed by atoms with Crippen molar-refractivity contribution in [3.8, 4) is 5.75 Å². The Labute approximate surface area is 165 Å². The molecule has 0 bridgehead atoms. The van der Waals surface area contributed by atoms with Crippen molar-refractivity contribution in [1.82, 2.24) is 9.88 Å². The van der Waals surface area contributed by atoms with E-state index in [-0.39, 0.29) is 12.5 Å². The molecule has 28 heavy (non-hydrogen) atoms. The molecule has 2 amide bonds. The Morgan fingerprint density at radius 2 is 2.11 bits per heavy atom. The van der Waals surface area contributed by atoms with Gasteiger partial charge in [0, 0.05) is 24.3 Å². The maximum Gasteiger partial charge on any atom is 0.260 e. The number of amides is 2. The topological polar surface area (TPSA) is 85.5 Å². The molecule has 6 nitrogen and oxygen atoms in total. The quantitative estimate of drug-likeness (QED) is 0.799. The largest absolute Gasteiger partial charge is 0.482 e. The van der Waals surface area contributed by atoms with E-state index >= 15 is 0 Å². The van der Waals surface area contributed by atoms with Crippen molar-refractivity contribution in [3.63, 3.8) is 0 Å². The van der Waals surface area contributed by atoms with Gasteiger partial charge in [0.2, 0.25) is 5.91 Å². The molecule has 3 rings (SSSR count). The maximum atomic E-state index is 12.5. The van der Waals surface area contributed by atoms with Gasteiger partial charge in [-0.3, -0.25) is 14.6 Å². The van der Waals surface area contributed by atoms with Gasteiger partial charge in [-0.2, -0.15) is 0 Å². The number of rotatable bonds is 7. The third-order valence-corrected chi connectivity index (χ3v) is 5.13. The number of aromatic nitrogens is 1. The monoisotopic (exact) mass is 381 g/mol. The van der Waals surface area contributed by atoms with Gasteiger partial charge < -0.3 is 15.4 Å². The standard InChI is InChI=1S/C22H27N3O3/c1-3-19-20(8-7-15(2)24-19)28-14-21(26)25-10-9-17(13-25)11-16-5-4-6-18(12-16)22(23)27/h4-8,12,17H,3,9-11,13-14H2,1-2H3,(H2,23,27)/t17-/m0/s1. The molecule has 2 heterocycles. The lowest BCUT2D eigenvalue weighted by Crippen LogP contribution is -2.33. The number of carbonyl (C=O) groups excluding carboxylic acids is 2. The number of ether oxygens (including phenoxy) is 1. The molecule has 1 atom stereocenters. The average Bonchev–Trinajstić information content (AvgIpc) is 3.15. The van der Waals surface area contributed by atoms with Crippen LogP contribution in [0.2, 0.25) is 0 Å². The van der Waals surface area contributed by atoms with Crippen LogP contribution in [0.1, 0.15) is 40.7 Å². The summed E-state index contributed by atoms with van der Waals surface area (Å²) < 4.78 is 5.75. The van der Waals surface area contributed by atoms with Gasteiger partial charge in [-0.25, -0.2) is 0 Å². The van der Waals surface area contributed by atoms with E-state index in [9.17, 15) is 9.59 Å². The van der Waals surface area contributed by atoms with Crippen molar-refractivity contribution in [3.05, 3.63) is 58.9 Å². The van der Waals surface area contributed by atoms with Crippen molar-refractivity contribution < 1.29 is 14.3 Å². The average molecular weight is 381 g/mol. The first-order chi connectivity index (χ1) is 13.5. The first-order valence-corrected chi connectivity index (χ1v) is 9.72. The molecular formula is C22H27N3O3. The number of pyridine rings is 1. The van der Waals surface area contributed by atoms with E-state index in [4.69, 9.17) is 10.5 Å². The first-order valence-electron chi connectivity index (χ1n) is 9.72. The van der Waals surface area contributed by atoms with Crippen LogP contribution < -0.4 is 10.5 Å². The lowest BCUT2D eigenvalue weighted by atomic mass is 9.97. The first kappa shape index (κ1) is 19.9. The van der Waals surface area contributed by atoms with E-state index in [1.807, 2.05) is 49.1 Å². The van der Waals surface area contributed by atoms with Crippen LogP contribution in [0.3, 0.4) is 0 Å². The summed E-state index contributed by atoms with van der Waals surface area (Å²) in [4.78, 5) is 30.2. The van der Waals surface area contributed by atoms with Crippen molar-refractivity contribution in [2.45, 2.75) is 33.1 Å². The second-order valence-corrected chi connectivity index (χ2v) is 7.30. The molecule has 0 spiro atoms. The lowest BCUT2D eigenvalue weighted by Gasteiger charge is -2.18. The lowest BCUT2D eigenvalue weighted by molar-refractivity contribution is -0.132. The summed E-state index contributed by atoms with van der Waals surface area (Å²) in [6.07, 6.45) is 2.54. The highest BCUT2D eigenvalue weighted by molar-refractivity contribution is 5.92. The van der Waals surface area contributed by atoms with Gasteiger partial charge in [0.05, 0.1) is 5.69 Å².